The van der Waals surface area contributed by atoms with Gasteiger partial charge >= 0.3 is 0 Å². The van der Waals surface area contributed by atoms with Crippen LogP contribution in [0.1, 0.15) is 29.8 Å². The van der Waals surface area contributed by atoms with E-state index in [9.17, 15) is 9.59 Å². The molecule has 38 heavy (non-hydrogen) atoms. The largest absolute Gasteiger partial charge is 0.302 e. The summed E-state index contributed by atoms with van der Waals surface area (Å²) in [7, 11) is 1.90. The topological polar surface area (TPSA) is 68.1 Å². The van der Waals surface area contributed by atoms with Gasteiger partial charge in [-0.25, -0.2) is 0 Å². The van der Waals surface area contributed by atoms with Gasteiger partial charge in [-0.2, -0.15) is 5.10 Å². The standard InChI is InChI=1S/C31H25ClN4O2/c1-21(37)8-9-22-14-28(19-33-17-22)36(31(38)23-6-4-3-5-7-23)20-26-11-10-25(16-29(26)32)24-12-13-30-27(15-24)18-34-35(30)2/h3-19H,20H2,1-2H3/b9-8+/i20D. The Morgan fingerprint density at radius 3 is 2.53 bits per heavy atom. The minimum absolute atomic E-state index is 0.106. The van der Waals surface area contributed by atoms with E-state index in [2.05, 4.69) is 10.1 Å². The van der Waals surface area contributed by atoms with Gasteiger partial charge in [0.25, 0.3) is 5.91 Å². The molecule has 3 aromatic carbocycles. The molecule has 0 aliphatic rings. The SMILES string of the molecule is [2H]C(c1ccc(-c2ccc3c(cnn3C)c2)cc1Cl)N(C(=O)c1ccccc1)c1cncc(/C=C/C(C)=O)c1. The maximum Gasteiger partial charge on any atom is 0.258 e. The first-order valence-corrected chi connectivity index (χ1v) is 12.4. The number of aromatic nitrogens is 3. The van der Waals surface area contributed by atoms with E-state index in [-0.39, 0.29) is 11.7 Å². The van der Waals surface area contributed by atoms with Crippen LogP contribution < -0.4 is 4.90 Å². The van der Waals surface area contributed by atoms with E-state index in [1.54, 1.807) is 48.7 Å². The second kappa shape index (κ2) is 10.8. The highest BCUT2D eigenvalue weighted by Crippen LogP contribution is 2.30. The lowest BCUT2D eigenvalue weighted by Crippen LogP contribution is -2.30. The Labute approximate surface area is 227 Å². The average Bonchev–Trinajstić information content (AvgIpc) is 3.32. The molecule has 0 saturated carbocycles. The van der Waals surface area contributed by atoms with Gasteiger partial charge in [0.15, 0.2) is 5.78 Å². The van der Waals surface area contributed by atoms with Crippen LogP contribution in [0, 0.1) is 0 Å². The Bertz CT molecular complexity index is 1710. The molecule has 6 nitrogen and oxygen atoms in total. The number of carbonyl (C=O) groups is 2. The number of aryl methyl sites for hydroxylation is 1. The molecule has 2 aromatic heterocycles. The van der Waals surface area contributed by atoms with Gasteiger partial charge in [0.1, 0.15) is 0 Å². The van der Waals surface area contributed by atoms with Crippen molar-refractivity contribution in [1.82, 2.24) is 14.8 Å². The number of allylic oxidation sites excluding steroid dienone is 1. The fraction of sp³-hybridized carbons (Fsp3) is 0.0968. The fourth-order valence-corrected chi connectivity index (χ4v) is 4.37. The monoisotopic (exact) mass is 521 g/mol. The number of nitrogens with zero attached hydrogens (tertiary/aromatic N) is 4. The van der Waals surface area contributed by atoms with Gasteiger partial charge in [-0.05, 0) is 77.7 Å². The van der Waals surface area contributed by atoms with Crippen molar-refractivity contribution in [2.45, 2.75) is 13.4 Å². The molecule has 1 amide bonds. The Hall–Kier alpha value is -4.55. The zero-order valence-corrected chi connectivity index (χ0v) is 21.6. The normalized spacial score (nSPS) is 12.4. The summed E-state index contributed by atoms with van der Waals surface area (Å²) in [6.07, 6.45) is 7.99. The number of hydrogen-bond donors (Lipinski definition) is 0. The van der Waals surface area contributed by atoms with Crippen LogP contribution in [0.25, 0.3) is 28.1 Å². The fourth-order valence-electron chi connectivity index (χ4n) is 4.15. The van der Waals surface area contributed by atoms with Gasteiger partial charge in [-0.1, -0.05) is 48.0 Å². The number of fused-ring (bicyclic) bond motifs is 1. The molecule has 0 N–H and O–H groups in total. The average molecular weight is 522 g/mol. The van der Waals surface area contributed by atoms with E-state index in [1.165, 1.54) is 24.1 Å². The van der Waals surface area contributed by atoms with Crippen LogP contribution in [-0.2, 0) is 18.4 Å². The van der Waals surface area contributed by atoms with E-state index >= 15 is 0 Å². The van der Waals surface area contributed by atoms with Crippen molar-refractivity contribution in [1.29, 1.82) is 0 Å². The Morgan fingerprint density at radius 1 is 1.00 bits per heavy atom. The van der Waals surface area contributed by atoms with Gasteiger partial charge in [-0.3, -0.25) is 19.3 Å². The first-order chi connectivity index (χ1) is 18.8. The number of benzene rings is 3. The number of halogens is 1. The quantitative estimate of drug-likeness (QED) is 0.222. The van der Waals surface area contributed by atoms with Crippen LogP contribution in [0.4, 0.5) is 5.69 Å². The molecule has 2 heterocycles. The number of rotatable bonds is 7. The van der Waals surface area contributed by atoms with Crippen molar-refractivity contribution in [3.05, 3.63) is 119 Å². The van der Waals surface area contributed by atoms with E-state index < -0.39 is 6.52 Å². The second-order valence-electron chi connectivity index (χ2n) is 8.87. The lowest BCUT2D eigenvalue weighted by atomic mass is 10.0. The van der Waals surface area contributed by atoms with Crippen molar-refractivity contribution < 1.29 is 11.0 Å². The van der Waals surface area contributed by atoms with Gasteiger partial charge in [0, 0.05) is 29.2 Å². The van der Waals surface area contributed by atoms with Crippen molar-refractivity contribution in [2.75, 3.05) is 4.90 Å². The predicted molar refractivity (Wildman–Crippen MR) is 152 cm³/mol. The number of anilines is 1. The third-order valence-electron chi connectivity index (χ3n) is 6.12. The highest BCUT2D eigenvalue weighted by atomic mass is 35.5. The molecule has 0 radical (unpaired) electrons. The van der Waals surface area contributed by atoms with Crippen LogP contribution in [0.3, 0.4) is 0 Å². The van der Waals surface area contributed by atoms with Crippen LogP contribution in [0.5, 0.6) is 0 Å². The molecule has 0 aliphatic carbocycles. The Morgan fingerprint density at radius 2 is 1.76 bits per heavy atom. The first-order valence-electron chi connectivity index (χ1n) is 12.6. The summed E-state index contributed by atoms with van der Waals surface area (Å²) in [4.78, 5) is 30.8. The molecule has 5 aromatic rings. The molecule has 0 fully saturated rings. The maximum absolute atomic E-state index is 13.7. The first kappa shape index (κ1) is 23.8. The lowest BCUT2D eigenvalue weighted by molar-refractivity contribution is -0.112. The summed E-state index contributed by atoms with van der Waals surface area (Å²) in [5.74, 6) is -0.474. The van der Waals surface area contributed by atoms with Gasteiger partial charge < -0.3 is 4.90 Å². The summed E-state index contributed by atoms with van der Waals surface area (Å²) in [6, 6.07) is 22.0. The third kappa shape index (κ3) is 5.41. The second-order valence-corrected chi connectivity index (χ2v) is 9.28. The summed E-state index contributed by atoms with van der Waals surface area (Å²) < 4.78 is 11.0. The van der Waals surface area contributed by atoms with Gasteiger partial charge in [0.2, 0.25) is 0 Å². The van der Waals surface area contributed by atoms with Crippen LogP contribution in [0.15, 0.2) is 97.5 Å². The highest BCUT2D eigenvalue weighted by molar-refractivity contribution is 6.31. The highest BCUT2D eigenvalue weighted by Gasteiger charge is 2.20. The molecular weight excluding hydrogens is 496 g/mol. The summed E-state index contributed by atoms with van der Waals surface area (Å²) >= 11 is 6.76. The van der Waals surface area contributed by atoms with E-state index in [4.69, 9.17) is 13.0 Å². The summed E-state index contributed by atoms with van der Waals surface area (Å²) in [5, 5.41) is 5.68. The maximum atomic E-state index is 13.7. The number of ketones is 1. The van der Waals surface area contributed by atoms with Crippen molar-refractivity contribution >= 4 is 46.0 Å². The number of hydrogen-bond acceptors (Lipinski definition) is 4. The van der Waals surface area contributed by atoms with Gasteiger partial charge in [-0.15, -0.1) is 0 Å². The van der Waals surface area contributed by atoms with E-state index in [0.29, 0.717) is 27.4 Å². The summed E-state index contributed by atoms with van der Waals surface area (Å²) in [5.41, 5.74) is 4.83. The Kier molecular flexibility index (Phi) is 6.79. The van der Waals surface area contributed by atoms with Crippen molar-refractivity contribution in [3.8, 4) is 11.1 Å². The predicted octanol–water partition coefficient (Wildman–Crippen LogP) is 6.74. The minimum Gasteiger partial charge on any atom is -0.302 e. The van der Waals surface area contributed by atoms with Crippen LogP contribution in [-0.4, -0.2) is 26.5 Å². The molecule has 0 saturated heterocycles. The van der Waals surface area contributed by atoms with Crippen molar-refractivity contribution in [2.24, 2.45) is 7.05 Å². The van der Waals surface area contributed by atoms with Crippen LogP contribution >= 0.6 is 11.6 Å². The number of amides is 1. The molecular formula is C31H25ClN4O2. The molecule has 0 spiro atoms. The molecule has 0 aliphatic heterocycles. The zero-order chi connectivity index (χ0) is 27.5. The van der Waals surface area contributed by atoms with E-state index in [0.717, 1.165) is 22.0 Å². The third-order valence-corrected chi connectivity index (χ3v) is 6.45. The molecule has 0 bridgehead atoms. The van der Waals surface area contributed by atoms with Crippen molar-refractivity contribution in [3.63, 3.8) is 0 Å². The molecule has 1 atom stereocenters. The number of carbonyl (C=O) groups excluding carboxylic acids is 2. The van der Waals surface area contributed by atoms with E-state index in [1.807, 2.05) is 54.3 Å². The molecule has 188 valence electrons. The molecule has 1 unspecified atom stereocenters. The lowest BCUT2D eigenvalue weighted by Gasteiger charge is -2.24. The smallest absolute Gasteiger partial charge is 0.258 e. The molecule has 7 heteroatoms. The summed E-state index contributed by atoms with van der Waals surface area (Å²) in [6.45, 7) is 0.299. The van der Waals surface area contributed by atoms with Gasteiger partial charge in [0.05, 0.1) is 31.5 Å². The number of pyridine rings is 1. The molecule has 5 rings (SSSR count). The Balaban J connectivity index is 1.54. The minimum atomic E-state index is -1.16. The van der Waals surface area contributed by atoms with Crippen LogP contribution in [0.2, 0.25) is 5.02 Å². The zero-order valence-electron chi connectivity index (χ0n) is 21.9.